The molecule has 0 aliphatic carbocycles. The molecule has 2 aromatic heterocycles. The van der Waals surface area contributed by atoms with E-state index in [4.69, 9.17) is 12.3 Å². The number of carbonyl (C=O) groups is 1. The van der Waals surface area contributed by atoms with Crippen LogP contribution in [-0.4, -0.2) is 25.7 Å². The van der Waals surface area contributed by atoms with Gasteiger partial charge in [0.05, 0.1) is 12.1 Å². The third-order valence-electron chi connectivity index (χ3n) is 3.68. The molecule has 7 nitrogen and oxygen atoms in total. The smallest absolute Gasteiger partial charge is 0.250 e. The first-order valence-electron chi connectivity index (χ1n) is 7.80. The summed E-state index contributed by atoms with van der Waals surface area (Å²) in [6.45, 7) is 11.1. The molecular formula is C19H16N6O. The van der Waals surface area contributed by atoms with Gasteiger partial charge < -0.3 is 5.73 Å². The zero-order valence-electron chi connectivity index (χ0n) is 14.3. The fourth-order valence-electron chi connectivity index (χ4n) is 2.62. The first kappa shape index (κ1) is 17.0. The third kappa shape index (κ3) is 3.65. The molecule has 2 heterocycles. The van der Waals surface area contributed by atoms with E-state index >= 15 is 0 Å². The van der Waals surface area contributed by atoms with E-state index in [1.807, 2.05) is 26.0 Å². The lowest BCUT2D eigenvalue weighted by Crippen LogP contribution is -2.14. The van der Waals surface area contributed by atoms with Gasteiger partial charge in [-0.25, -0.2) is 14.5 Å². The highest BCUT2D eigenvalue weighted by molar-refractivity contribution is 6.22. The molecule has 0 bridgehead atoms. The van der Waals surface area contributed by atoms with E-state index in [0.717, 1.165) is 16.7 Å². The topological polar surface area (TPSA) is 91.1 Å². The molecule has 0 aliphatic heterocycles. The number of rotatable bonds is 4. The predicted octanol–water partition coefficient (Wildman–Crippen LogP) is 2.99. The van der Waals surface area contributed by atoms with E-state index in [-0.39, 0.29) is 5.57 Å². The average molecular weight is 344 g/mol. The van der Waals surface area contributed by atoms with Crippen molar-refractivity contribution in [3.8, 4) is 11.4 Å². The van der Waals surface area contributed by atoms with Crippen LogP contribution < -0.4 is 5.73 Å². The van der Waals surface area contributed by atoms with Gasteiger partial charge in [0.15, 0.2) is 5.82 Å². The molecule has 0 spiro atoms. The van der Waals surface area contributed by atoms with Gasteiger partial charge in [-0.15, -0.1) is 5.10 Å². The summed E-state index contributed by atoms with van der Waals surface area (Å²) < 4.78 is 1.43. The van der Waals surface area contributed by atoms with E-state index in [1.54, 1.807) is 6.07 Å². The van der Waals surface area contributed by atoms with Crippen molar-refractivity contribution in [1.29, 1.82) is 0 Å². The van der Waals surface area contributed by atoms with Crippen molar-refractivity contribution in [3.05, 3.63) is 71.1 Å². The van der Waals surface area contributed by atoms with Gasteiger partial charge in [0.1, 0.15) is 6.33 Å². The van der Waals surface area contributed by atoms with E-state index in [2.05, 4.69) is 26.0 Å². The van der Waals surface area contributed by atoms with Crippen LogP contribution in [0.1, 0.15) is 16.7 Å². The minimum Gasteiger partial charge on any atom is -0.366 e. The molecule has 0 saturated heterocycles. The first-order chi connectivity index (χ1) is 12.5. The number of aromatic nitrogens is 4. The van der Waals surface area contributed by atoms with Gasteiger partial charge in [-0.05, 0) is 37.6 Å². The Bertz CT molecular complexity index is 1040. The lowest BCUT2D eigenvalue weighted by Gasteiger charge is -2.04. The van der Waals surface area contributed by atoms with Crippen molar-refractivity contribution in [2.75, 3.05) is 0 Å². The Morgan fingerprint density at radius 1 is 1.19 bits per heavy atom. The summed E-state index contributed by atoms with van der Waals surface area (Å²) in [5, 5.41) is 4.39. The van der Waals surface area contributed by atoms with Gasteiger partial charge >= 0.3 is 0 Å². The Kier molecular flexibility index (Phi) is 4.58. The van der Waals surface area contributed by atoms with Crippen molar-refractivity contribution in [2.45, 2.75) is 13.8 Å². The zero-order chi connectivity index (χ0) is 18.7. The number of hydrogen-bond donors (Lipinski definition) is 1. The summed E-state index contributed by atoms with van der Waals surface area (Å²) in [5.74, 6) is -0.0951. The molecule has 0 unspecified atom stereocenters. The molecule has 0 aliphatic rings. The minimum atomic E-state index is -0.641. The fraction of sp³-hybridized carbons (Fsp3) is 0.105. The number of benzene rings is 1. The van der Waals surface area contributed by atoms with Crippen LogP contribution in [0.15, 0.2) is 43.0 Å². The number of hydrogen-bond acceptors (Lipinski definition) is 4. The first-order valence-corrected chi connectivity index (χ1v) is 7.80. The average Bonchev–Trinajstić information content (AvgIpc) is 3.07. The maximum atomic E-state index is 11.9. The van der Waals surface area contributed by atoms with Crippen LogP contribution in [0.25, 0.3) is 28.0 Å². The van der Waals surface area contributed by atoms with Crippen molar-refractivity contribution >= 4 is 23.4 Å². The van der Waals surface area contributed by atoms with Gasteiger partial charge in [-0.2, -0.15) is 0 Å². The Morgan fingerprint density at radius 3 is 2.58 bits per heavy atom. The van der Waals surface area contributed by atoms with E-state index in [9.17, 15) is 4.79 Å². The Balaban J connectivity index is 2.01. The fourth-order valence-corrected chi connectivity index (χ4v) is 2.62. The lowest BCUT2D eigenvalue weighted by atomic mass is 10.1. The van der Waals surface area contributed by atoms with Crippen LogP contribution in [0.4, 0.5) is 5.69 Å². The monoisotopic (exact) mass is 344 g/mol. The molecule has 7 heteroatoms. The van der Waals surface area contributed by atoms with E-state index in [0.29, 0.717) is 17.1 Å². The Labute approximate surface area is 150 Å². The summed E-state index contributed by atoms with van der Waals surface area (Å²) >= 11 is 0. The molecule has 0 fully saturated rings. The molecule has 128 valence electrons. The van der Waals surface area contributed by atoms with Crippen molar-refractivity contribution < 1.29 is 4.79 Å². The standard InChI is InChI=1S/C19H16N6O/c1-12-4-13(2)6-14(5-12)19-23-11-25(24-19)10-17(18(20)26)15-7-16(21-3)9-22-8-15/h4-11H,1-2H3,(H2,20,26)/b17-10+. The largest absolute Gasteiger partial charge is 0.366 e. The van der Waals surface area contributed by atoms with Crippen molar-refractivity contribution in [1.82, 2.24) is 19.7 Å². The molecule has 26 heavy (non-hydrogen) atoms. The number of amides is 1. The van der Waals surface area contributed by atoms with Gasteiger partial charge in [0.2, 0.25) is 5.69 Å². The molecule has 2 N–H and O–H groups in total. The predicted molar refractivity (Wildman–Crippen MR) is 98.8 cm³/mol. The number of carbonyl (C=O) groups excluding carboxylic acids is 1. The van der Waals surface area contributed by atoms with Crippen molar-refractivity contribution in [3.63, 3.8) is 0 Å². The third-order valence-corrected chi connectivity index (χ3v) is 3.68. The molecule has 0 saturated carbocycles. The normalized spacial score (nSPS) is 11.2. The lowest BCUT2D eigenvalue weighted by molar-refractivity contribution is -0.112. The number of nitrogens with zero attached hydrogens (tertiary/aromatic N) is 5. The summed E-state index contributed by atoms with van der Waals surface area (Å²) in [4.78, 5) is 23.4. The second-order valence-corrected chi connectivity index (χ2v) is 5.88. The number of aryl methyl sites for hydroxylation is 2. The molecule has 3 rings (SSSR count). The quantitative estimate of drug-likeness (QED) is 0.582. The Morgan fingerprint density at radius 2 is 1.92 bits per heavy atom. The van der Waals surface area contributed by atoms with Gasteiger partial charge in [0.25, 0.3) is 5.91 Å². The van der Waals surface area contributed by atoms with Crippen LogP contribution in [0, 0.1) is 20.4 Å². The summed E-state index contributed by atoms with van der Waals surface area (Å²) in [7, 11) is 0. The minimum absolute atomic E-state index is 0.194. The van der Waals surface area contributed by atoms with Crippen LogP contribution >= 0.6 is 0 Å². The van der Waals surface area contributed by atoms with Crippen molar-refractivity contribution in [2.24, 2.45) is 5.73 Å². The SMILES string of the molecule is [C-]#[N+]c1cncc(/C(=C\n2cnc(-c3cc(C)cc(C)c3)n2)C(N)=O)c1. The molecular weight excluding hydrogens is 328 g/mol. The van der Waals surface area contributed by atoms with Crippen LogP contribution in [0.3, 0.4) is 0 Å². The summed E-state index contributed by atoms with van der Waals surface area (Å²) in [5.41, 5.74) is 9.59. The molecule has 1 aromatic carbocycles. The second-order valence-electron chi connectivity index (χ2n) is 5.88. The molecule has 0 radical (unpaired) electrons. The Hall–Kier alpha value is -3.79. The highest BCUT2D eigenvalue weighted by atomic mass is 16.1. The highest BCUT2D eigenvalue weighted by Gasteiger charge is 2.11. The summed E-state index contributed by atoms with van der Waals surface area (Å²) in [6, 6.07) is 7.62. The van der Waals surface area contributed by atoms with E-state index in [1.165, 1.54) is 29.6 Å². The summed E-state index contributed by atoms with van der Waals surface area (Å²) in [6.07, 6.45) is 5.88. The maximum Gasteiger partial charge on any atom is 0.250 e. The van der Waals surface area contributed by atoms with Gasteiger partial charge in [0, 0.05) is 24.2 Å². The van der Waals surface area contributed by atoms with Gasteiger partial charge in [-0.3, -0.25) is 9.78 Å². The number of pyridine rings is 1. The van der Waals surface area contributed by atoms with E-state index < -0.39 is 5.91 Å². The highest BCUT2D eigenvalue weighted by Crippen LogP contribution is 2.21. The van der Waals surface area contributed by atoms with Crippen LogP contribution in [0.5, 0.6) is 0 Å². The molecule has 0 atom stereocenters. The van der Waals surface area contributed by atoms with Crippen LogP contribution in [-0.2, 0) is 4.79 Å². The molecule has 3 aromatic rings. The number of nitrogens with two attached hydrogens (primary N) is 1. The molecule has 1 amide bonds. The van der Waals surface area contributed by atoms with Crippen LogP contribution in [0.2, 0.25) is 0 Å². The van der Waals surface area contributed by atoms with Gasteiger partial charge in [-0.1, -0.05) is 17.2 Å². The number of primary amides is 1. The maximum absolute atomic E-state index is 11.9. The second kappa shape index (κ2) is 6.99. The zero-order valence-corrected chi connectivity index (χ0v) is 14.3.